The van der Waals surface area contributed by atoms with Gasteiger partial charge in [-0.25, -0.2) is 4.98 Å². The van der Waals surface area contributed by atoms with Crippen LogP contribution in [-0.2, 0) is 24.2 Å². The smallest absolute Gasteiger partial charge is 0.224 e. The van der Waals surface area contributed by atoms with Crippen LogP contribution >= 0.6 is 0 Å². The van der Waals surface area contributed by atoms with Crippen LogP contribution < -0.4 is 10.1 Å². The largest absolute Gasteiger partial charge is 0.494 e. The Morgan fingerprint density at radius 2 is 1.61 bits per heavy atom. The van der Waals surface area contributed by atoms with E-state index in [0.717, 1.165) is 41.1 Å². The molecule has 4 aromatic rings. The van der Waals surface area contributed by atoms with Gasteiger partial charge in [0, 0.05) is 19.5 Å². The lowest BCUT2D eigenvalue weighted by Gasteiger charge is -2.11. The standard InChI is InChI=1S/C26H27N3O2/c30-26(20-21-10-3-1-4-11-21)27-17-16-25-28-23-14-7-8-15-24(23)29(25)18-9-19-31-22-12-5-2-6-13-22/h1-8,10-15H,9,16-20H2,(H,27,30). The van der Waals surface area contributed by atoms with Crippen molar-refractivity contribution < 1.29 is 9.53 Å². The first kappa shape index (κ1) is 20.7. The lowest BCUT2D eigenvalue weighted by atomic mass is 10.1. The van der Waals surface area contributed by atoms with Crippen molar-refractivity contribution in [2.45, 2.75) is 25.8 Å². The highest BCUT2D eigenvalue weighted by atomic mass is 16.5. The molecule has 1 aromatic heterocycles. The quantitative estimate of drug-likeness (QED) is 0.392. The molecule has 3 aromatic carbocycles. The molecule has 0 radical (unpaired) electrons. The summed E-state index contributed by atoms with van der Waals surface area (Å²) in [4.78, 5) is 17.1. The second kappa shape index (κ2) is 10.4. The molecule has 0 spiro atoms. The van der Waals surface area contributed by atoms with E-state index in [1.807, 2.05) is 78.9 Å². The number of para-hydroxylation sites is 3. The van der Waals surface area contributed by atoms with E-state index in [2.05, 4.69) is 16.0 Å². The van der Waals surface area contributed by atoms with Crippen molar-refractivity contribution in [3.05, 3.63) is 96.3 Å². The number of benzene rings is 3. The lowest BCUT2D eigenvalue weighted by Crippen LogP contribution is -2.28. The summed E-state index contributed by atoms with van der Waals surface area (Å²) in [6.45, 7) is 2.03. The first-order chi connectivity index (χ1) is 15.3. The van der Waals surface area contributed by atoms with Crippen molar-refractivity contribution in [1.29, 1.82) is 0 Å². The topological polar surface area (TPSA) is 56.2 Å². The summed E-state index contributed by atoms with van der Waals surface area (Å²) in [6, 6.07) is 27.8. The Kier molecular flexibility index (Phi) is 6.96. The van der Waals surface area contributed by atoms with E-state index >= 15 is 0 Å². The number of nitrogens with zero attached hydrogens (tertiary/aromatic N) is 2. The number of nitrogens with one attached hydrogen (secondary N) is 1. The van der Waals surface area contributed by atoms with Gasteiger partial charge < -0.3 is 14.6 Å². The van der Waals surface area contributed by atoms with Gasteiger partial charge in [0.15, 0.2) is 0 Å². The Bertz CT molecular complexity index is 1110. The lowest BCUT2D eigenvalue weighted by molar-refractivity contribution is -0.120. The van der Waals surface area contributed by atoms with Gasteiger partial charge in [-0.15, -0.1) is 0 Å². The van der Waals surface area contributed by atoms with E-state index in [4.69, 9.17) is 9.72 Å². The molecule has 5 nitrogen and oxygen atoms in total. The van der Waals surface area contributed by atoms with Crippen LogP contribution in [0.15, 0.2) is 84.9 Å². The van der Waals surface area contributed by atoms with Crippen LogP contribution in [0.3, 0.4) is 0 Å². The third-order valence-electron chi connectivity index (χ3n) is 5.15. The average Bonchev–Trinajstić information content (AvgIpc) is 3.15. The monoisotopic (exact) mass is 413 g/mol. The molecule has 0 fully saturated rings. The summed E-state index contributed by atoms with van der Waals surface area (Å²) in [6.07, 6.45) is 1.96. The van der Waals surface area contributed by atoms with Crippen LogP contribution in [0.5, 0.6) is 5.75 Å². The second-order valence-corrected chi connectivity index (χ2v) is 7.45. The molecule has 1 N–H and O–H groups in total. The first-order valence-corrected chi connectivity index (χ1v) is 10.7. The molecule has 31 heavy (non-hydrogen) atoms. The Morgan fingerprint density at radius 1 is 0.903 bits per heavy atom. The minimum absolute atomic E-state index is 0.0325. The molecule has 0 aliphatic rings. The fraction of sp³-hybridized carbons (Fsp3) is 0.231. The number of aromatic nitrogens is 2. The molecule has 0 saturated heterocycles. The highest BCUT2D eigenvalue weighted by Crippen LogP contribution is 2.17. The fourth-order valence-electron chi connectivity index (χ4n) is 3.65. The molecule has 0 unspecified atom stereocenters. The number of imidazole rings is 1. The molecular weight excluding hydrogens is 386 g/mol. The van der Waals surface area contributed by atoms with Crippen LogP contribution in [0.4, 0.5) is 0 Å². The van der Waals surface area contributed by atoms with Gasteiger partial charge in [0.2, 0.25) is 5.91 Å². The third-order valence-corrected chi connectivity index (χ3v) is 5.15. The Balaban J connectivity index is 1.34. The van der Waals surface area contributed by atoms with Gasteiger partial charge in [-0.2, -0.15) is 0 Å². The van der Waals surface area contributed by atoms with Crippen molar-refractivity contribution in [3.8, 4) is 5.75 Å². The zero-order valence-corrected chi connectivity index (χ0v) is 17.5. The van der Waals surface area contributed by atoms with E-state index in [1.165, 1.54) is 0 Å². The zero-order chi connectivity index (χ0) is 21.3. The number of hydrogen-bond acceptors (Lipinski definition) is 3. The van der Waals surface area contributed by atoms with E-state index in [1.54, 1.807) is 0 Å². The zero-order valence-electron chi connectivity index (χ0n) is 17.5. The van der Waals surface area contributed by atoms with Crippen LogP contribution in [0.2, 0.25) is 0 Å². The molecule has 0 saturated carbocycles. The van der Waals surface area contributed by atoms with E-state index in [0.29, 0.717) is 26.0 Å². The van der Waals surface area contributed by atoms with Gasteiger partial charge >= 0.3 is 0 Å². The van der Waals surface area contributed by atoms with E-state index < -0.39 is 0 Å². The number of fused-ring (bicyclic) bond motifs is 1. The molecular formula is C26H27N3O2. The van der Waals surface area contributed by atoms with Gasteiger partial charge in [0.1, 0.15) is 11.6 Å². The summed E-state index contributed by atoms with van der Waals surface area (Å²) < 4.78 is 8.08. The summed E-state index contributed by atoms with van der Waals surface area (Å²) >= 11 is 0. The van der Waals surface area contributed by atoms with Crippen LogP contribution in [0.1, 0.15) is 17.8 Å². The number of amides is 1. The molecule has 5 heteroatoms. The van der Waals surface area contributed by atoms with Gasteiger partial charge in [-0.1, -0.05) is 60.7 Å². The summed E-state index contributed by atoms with van der Waals surface area (Å²) in [7, 11) is 0. The number of aryl methyl sites for hydroxylation is 1. The molecule has 0 aliphatic heterocycles. The van der Waals surface area contributed by atoms with Gasteiger partial charge in [-0.05, 0) is 36.2 Å². The Labute approximate surface area is 182 Å². The molecule has 0 bridgehead atoms. The highest BCUT2D eigenvalue weighted by Gasteiger charge is 2.11. The van der Waals surface area contributed by atoms with Crippen LogP contribution in [0, 0.1) is 0 Å². The number of carbonyl (C=O) groups excluding carboxylic acids is 1. The summed E-state index contributed by atoms with van der Waals surface area (Å²) in [5, 5.41) is 3.02. The van der Waals surface area contributed by atoms with Crippen LogP contribution in [0.25, 0.3) is 11.0 Å². The van der Waals surface area contributed by atoms with Crippen molar-refractivity contribution in [2.75, 3.05) is 13.2 Å². The molecule has 1 amide bonds. The molecule has 158 valence electrons. The third kappa shape index (κ3) is 5.72. The van der Waals surface area contributed by atoms with Crippen LogP contribution in [-0.4, -0.2) is 28.6 Å². The molecule has 0 atom stereocenters. The number of carbonyl (C=O) groups is 1. The van der Waals surface area contributed by atoms with Crippen molar-refractivity contribution in [2.24, 2.45) is 0 Å². The normalized spacial score (nSPS) is 10.8. The second-order valence-electron chi connectivity index (χ2n) is 7.45. The summed E-state index contributed by atoms with van der Waals surface area (Å²) in [5.41, 5.74) is 3.12. The van der Waals surface area contributed by atoms with Gasteiger partial charge in [0.25, 0.3) is 0 Å². The fourth-order valence-corrected chi connectivity index (χ4v) is 3.65. The van der Waals surface area contributed by atoms with Crippen molar-refractivity contribution >= 4 is 16.9 Å². The minimum atomic E-state index is 0.0325. The predicted molar refractivity (Wildman–Crippen MR) is 123 cm³/mol. The maximum atomic E-state index is 12.3. The van der Waals surface area contributed by atoms with Crippen molar-refractivity contribution in [1.82, 2.24) is 14.9 Å². The molecule has 1 heterocycles. The maximum absolute atomic E-state index is 12.3. The van der Waals surface area contributed by atoms with Gasteiger partial charge in [-0.3, -0.25) is 4.79 Å². The number of ether oxygens (including phenoxy) is 1. The number of rotatable bonds is 10. The van der Waals surface area contributed by atoms with E-state index in [-0.39, 0.29) is 5.91 Å². The number of hydrogen-bond donors (Lipinski definition) is 1. The Morgan fingerprint density at radius 3 is 2.42 bits per heavy atom. The van der Waals surface area contributed by atoms with Gasteiger partial charge in [0.05, 0.1) is 24.1 Å². The Hall–Kier alpha value is -3.60. The predicted octanol–water partition coefficient (Wildman–Crippen LogP) is 4.41. The first-order valence-electron chi connectivity index (χ1n) is 10.7. The van der Waals surface area contributed by atoms with Crippen molar-refractivity contribution in [3.63, 3.8) is 0 Å². The highest BCUT2D eigenvalue weighted by molar-refractivity contribution is 5.78. The molecule has 0 aliphatic carbocycles. The minimum Gasteiger partial charge on any atom is -0.494 e. The SMILES string of the molecule is O=C(Cc1ccccc1)NCCc1nc2ccccc2n1CCCOc1ccccc1. The summed E-state index contributed by atoms with van der Waals surface area (Å²) in [5.74, 6) is 1.91. The maximum Gasteiger partial charge on any atom is 0.224 e. The molecule has 4 rings (SSSR count). The average molecular weight is 414 g/mol. The van der Waals surface area contributed by atoms with E-state index in [9.17, 15) is 4.79 Å².